The molecule has 0 amide bonds. The third-order valence-corrected chi connectivity index (χ3v) is 3.16. The summed E-state index contributed by atoms with van der Waals surface area (Å²) in [7, 11) is 1.57. The smallest absolute Gasteiger partial charge is 0.272 e. The lowest BCUT2D eigenvalue weighted by Crippen LogP contribution is -2.01. The van der Waals surface area contributed by atoms with Gasteiger partial charge in [0.1, 0.15) is 11.9 Å². The number of hydrogen-bond acceptors (Lipinski definition) is 4. The molecule has 5 nitrogen and oxygen atoms in total. The van der Waals surface area contributed by atoms with Crippen LogP contribution in [0.4, 0.5) is 5.69 Å². The number of ether oxygens (including phenoxy) is 1. The summed E-state index contributed by atoms with van der Waals surface area (Å²) in [6.45, 7) is 1.66. The highest BCUT2D eigenvalue weighted by Crippen LogP contribution is 2.27. The summed E-state index contributed by atoms with van der Waals surface area (Å²) in [6, 6.07) is 11.7. The maximum absolute atomic E-state index is 10.8. The van der Waals surface area contributed by atoms with E-state index >= 15 is 0 Å². The largest absolute Gasteiger partial charge is 0.497 e. The van der Waals surface area contributed by atoms with Crippen molar-refractivity contribution in [1.82, 2.24) is 0 Å². The monoisotopic (exact) mass is 273 g/mol. The molecule has 0 spiro atoms. The molecule has 0 radical (unpaired) electrons. The van der Waals surface area contributed by atoms with E-state index in [-0.39, 0.29) is 5.69 Å². The van der Waals surface area contributed by atoms with Crippen molar-refractivity contribution in [2.24, 2.45) is 0 Å². The van der Waals surface area contributed by atoms with E-state index in [1.807, 2.05) is 0 Å². The molecule has 0 unspecified atom stereocenters. The Morgan fingerprint density at radius 1 is 1.15 bits per heavy atom. The molecule has 0 aromatic heterocycles. The number of nitro benzene ring substituents is 1. The van der Waals surface area contributed by atoms with Crippen LogP contribution in [0.2, 0.25) is 0 Å². The Hall–Kier alpha value is -2.40. The van der Waals surface area contributed by atoms with Crippen molar-refractivity contribution in [2.45, 2.75) is 13.0 Å². The predicted molar refractivity (Wildman–Crippen MR) is 74.9 cm³/mol. The number of nitrogens with zero attached hydrogens (tertiary/aromatic N) is 1. The Bertz CT molecular complexity index is 622. The van der Waals surface area contributed by atoms with E-state index in [1.165, 1.54) is 6.07 Å². The number of aliphatic hydroxyl groups excluding tert-OH is 1. The molecule has 0 saturated carbocycles. The molecule has 0 saturated heterocycles. The van der Waals surface area contributed by atoms with Crippen molar-refractivity contribution in [3.8, 4) is 5.75 Å². The molecule has 1 atom stereocenters. The first-order valence-corrected chi connectivity index (χ1v) is 6.10. The van der Waals surface area contributed by atoms with Gasteiger partial charge in [-0.3, -0.25) is 10.1 Å². The Labute approximate surface area is 116 Å². The van der Waals surface area contributed by atoms with Crippen molar-refractivity contribution in [2.75, 3.05) is 7.11 Å². The van der Waals surface area contributed by atoms with Crippen LogP contribution in [-0.2, 0) is 0 Å². The molecule has 5 heteroatoms. The summed E-state index contributed by atoms with van der Waals surface area (Å²) in [5.41, 5.74) is 1.91. The minimum absolute atomic E-state index is 0.0516. The SMILES string of the molecule is COc1ccc([C@H](O)c2ccc([N+](=O)[O-])c(C)c2)cc1. The van der Waals surface area contributed by atoms with Crippen LogP contribution in [0.1, 0.15) is 22.8 Å². The molecule has 0 fully saturated rings. The average molecular weight is 273 g/mol. The van der Waals surface area contributed by atoms with Crippen LogP contribution in [0.25, 0.3) is 0 Å². The minimum atomic E-state index is -0.819. The van der Waals surface area contributed by atoms with Crippen LogP contribution >= 0.6 is 0 Å². The third kappa shape index (κ3) is 2.78. The fourth-order valence-corrected chi connectivity index (χ4v) is 2.03. The van der Waals surface area contributed by atoms with E-state index in [9.17, 15) is 15.2 Å². The molecule has 0 aliphatic rings. The molecular formula is C15H15NO4. The van der Waals surface area contributed by atoms with Crippen molar-refractivity contribution in [1.29, 1.82) is 0 Å². The van der Waals surface area contributed by atoms with Gasteiger partial charge in [0, 0.05) is 11.6 Å². The third-order valence-electron chi connectivity index (χ3n) is 3.16. The number of benzene rings is 2. The van der Waals surface area contributed by atoms with Gasteiger partial charge in [-0.25, -0.2) is 0 Å². The van der Waals surface area contributed by atoms with E-state index in [4.69, 9.17) is 4.74 Å². The highest BCUT2D eigenvalue weighted by molar-refractivity contribution is 5.44. The maximum atomic E-state index is 10.8. The molecule has 20 heavy (non-hydrogen) atoms. The number of rotatable bonds is 4. The molecule has 2 aromatic rings. The second-order valence-corrected chi connectivity index (χ2v) is 4.48. The summed E-state index contributed by atoms with van der Waals surface area (Å²) < 4.78 is 5.06. The van der Waals surface area contributed by atoms with Gasteiger partial charge in [-0.1, -0.05) is 12.1 Å². The van der Waals surface area contributed by atoms with Gasteiger partial charge in [0.05, 0.1) is 12.0 Å². The quantitative estimate of drug-likeness (QED) is 0.686. The van der Waals surface area contributed by atoms with Crippen LogP contribution < -0.4 is 4.74 Å². The summed E-state index contributed by atoms with van der Waals surface area (Å²) in [5, 5.41) is 21.1. The topological polar surface area (TPSA) is 72.6 Å². The van der Waals surface area contributed by atoms with E-state index < -0.39 is 11.0 Å². The van der Waals surface area contributed by atoms with Gasteiger partial charge < -0.3 is 9.84 Å². The fraction of sp³-hybridized carbons (Fsp3) is 0.200. The standard InChI is InChI=1S/C15H15NO4/c1-10-9-12(5-8-14(10)16(18)19)15(17)11-3-6-13(20-2)7-4-11/h3-9,15,17H,1-2H3/t15-/m0/s1. The van der Waals surface area contributed by atoms with Crippen LogP contribution in [0.15, 0.2) is 42.5 Å². The maximum Gasteiger partial charge on any atom is 0.272 e. The molecule has 2 rings (SSSR count). The lowest BCUT2D eigenvalue weighted by atomic mass is 9.99. The molecule has 0 aliphatic heterocycles. The highest BCUT2D eigenvalue weighted by Gasteiger charge is 2.15. The van der Waals surface area contributed by atoms with Crippen molar-refractivity contribution in [3.05, 3.63) is 69.3 Å². The Morgan fingerprint density at radius 3 is 2.25 bits per heavy atom. The first kappa shape index (κ1) is 14.0. The van der Waals surface area contributed by atoms with E-state index in [2.05, 4.69) is 0 Å². The predicted octanol–water partition coefficient (Wildman–Crippen LogP) is 2.99. The number of hydrogen-bond donors (Lipinski definition) is 1. The molecular weight excluding hydrogens is 258 g/mol. The second kappa shape index (κ2) is 5.71. The number of aryl methyl sites for hydroxylation is 1. The number of methoxy groups -OCH3 is 1. The first-order chi connectivity index (χ1) is 9.52. The summed E-state index contributed by atoms with van der Waals surface area (Å²) in [4.78, 5) is 10.3. The van der Waals surface area contributed by atoms with Crippen LogP contribution in [0.5, 0.6) is 5.75 Å². The van der Waals surface area contributed by atoms with Gasteiger partial charge in [0.2, 0.25) is 0 Å². The molecule has 2 aromatic carbocycles. The molecule has 0 bridgehead atoms. The van der Waals surface area contributed by atoms with Gasteiger partial charge in [0.15, 0.2) is 0 Å². The molecule has 0 heterocycles. The second-order valence-electron chi connectivity index (χ2n) is 4.48. The van der Waals surface area contributed by atoms with E-state index in [0.29, 0.717) is 22.4 Å². The Balaban J connectivity index is 2.30. The van der Waals surface area contributed by atoms with Gasteiger partial charge in [-0.2, -0.15) is 0 Å². The number of nitro groups is 1. The molecule has 104 valence electrons. The first-order valence-electron chi connectivity index (χ1n) is 6.10. The van der Waals surface area contributed by atoms with Gasteiger partial charge in [0.25, 0.3) is 5.69 Å². The minimum Gasteiger partial charge on any atom is -0.497 e. The zero-order valence-corrected chi connectivity index (χ0v) is 11.2. The van der Waals surface area contributed by atoms with Crippen molar-refractivity contribution >= 4 is 5.69 Å². The Morgan fingerprint density at radius 2 is 1.75 bits per heavy atom. The summed E-state index contributed by atoms with van der Waals surface area (Å²) in [6.07, 6.45) is -0.819. The summed E-state index contributed by atoms with van der Waals surface area (Å²) in [5.74, 6) is 0.709. The normalized spacial score (nSPS) is 11.9. The van der Waals surface area contributed by atoms with E-state index in [0.717, 1.165) is 0 Å². The lowest BCUT2D eigenvalue weighted by molar-refractivity contribution is -0.385. The summed E-state index contributed by atoms with van der Waals surface area (Å²) >= 11 is 0. The molecule has 0 aliphatic carbocycles. The highest BCUT2D eigenvalue weighted by atomic mass is 16.6. The van der Waals surface area contributed by atoms with Crippen LogP contribution in [-0.4, -0.2) is 17.1 Å². The average Bonchev–Trinajstić information content (AvgIpc) is 2.46. The fourth-order valence-electron chi connectivity index (χ4n) is 2.03. The lowest BCUT2D eigenvalue weighted by Gasteiger charge is -2.12. The van der Waals surface area contributed by atoms with E-state index in [1.54, 1.807) is 50.4 Å². The van der Waals surface area contributed by atoms with Gasteiger partial charge >= 0.3 is 0 Å². The van der Waals surface area contributed by atoms with Gasteiger partial charge in [-0.05, 0) is 42.3 Å². The van der Waals surface area contributed by atoms with Crippen LogP contribution in [0, 0.1) is 17.0 Å². The zero-order chi connectivity index (χ0) is 14.7. The van der Waals surface area contributed by atoms with Crippen molar-refractivity contribution < 1.29 is 14.8 Å². The zero-order valence-electron chi connectivity index (χ0n) is 11.2. The van der Waals surface area contributed by atoms with Crippen molar-refractivity contribution in [3.63, 3.8) is 0 Å². The van der Waals surface area contributed by atoms with Crippen LogP contribution in [0.3, 0.4) is 0 Å². The Kier molecular flexibility index (Phi) is 4.00. The molecule has 1 N–H and O–H groups in total. The number of aliphatic hydroxyl groups is 1. The van der Waals surface area contributed by atoms with Gasteiger partial charge in [-0.15, -0.1) is 0 Å².